The normalized spacial score (nSPS) is 11.0. The molecule has 1 aromatic rings. The summed E-state index contributed by atoms with van der Waals surface area (Å²) in [5.74, 6) is -1.00. The van der Waals surface area contributed by atoms with Crippen LogP contribution in [0.3, 0.4) is 0 Å². The van der Waals surface area contributed by atoms with Crippen molar-refractivity contribution in [3.63, 3.8) is 0 Å². The maximum atomic E-state index is 10.2. The minimum Gasteiger partial charge on any atom is -0.478 e. The van der Waals surface area contributed by atoms with E-state index in [9.17, 15) is 4.79 Å². The molecule has 0 bridgehead atoms. The first-order valence-corrected chi connectivity index (χ1v) is 4.00. The fourth-order valence-corrected chi connectivity index (χ4v) is 1.23. The summed E-state index contributed by atoms with van der Waals surface area (Å²) in [5.41, 5.74) is 1.36. The second-order valence-corrected chi connectivity index (χ2v) is 2.94. The molecule has 0 unspecified atom stereocenters. The van der Waals surface area contributed by atoms with Gasteiger partial charge in [-0.1, -0.05) is 11.6 Å². The highest BCUT2D eigenvalue weighted by molar-refractivity contribution is 6.31. The van der Waals surface area contributed by atoms with Crippen molar-refractivity contribution in [1.29, 1.82) is 0 Å². The monoisotopic (exact) mass is 200 g/mol. The maximum Gasteiger partial charge on any atom is 0.328 e. The molecule has 0 radical (unpaired) electrons. The number of carboxylic acid groups (broad SMARTS) is 1. The van der Waals surface area contributed by atoms with E-state index in [2.05, 4.69) is 5.10 Å². The van der Waals surface area contributed by atoms with Crippen LogP contribution in [-0.2, 0) is 11.8 Å². The van der Waals surface area contributed by atoms with Crippen molar-refractivity contribution < 1.29 is 9.90 Å². The number of aromatic nitrogens is 2. The fourth-order valence-electron chi connectivity index (χ4n) is 0.990. The minimum atomic E-state index is -1.00. The standard InChI is InChI=1S/C8H9ClN2O2/c1-5-6(3-4-7(12)13)8(9)11(2)10-5/h3-4H,1-2H3,(H,12,13). The summed E-state index contributed by atoms with van der Waals surface area (Å²) < 4.78 is 1.50. The van der Waals surface area contributed by atoms with Gasteiger partial charge in [0.15, 0.2) is 0 Å². The molecule has 1 rings (SSSR count). The zero-order valence-corrected chi connectivity index (χ0v) is 8.04. The molecule has 0 spiro atoms. The molecule has 0 atom stereocenters. The van der Waals surface area contributed by atoms with Crippen LogP contribution >= 0.6 is 11.6 Å². The van der Waals surface area contributed by atoms with E-state index in [1.807, 2.05) is 0 Å². The summed E-state index contributed by atoms with van der Waals surface area (Å²) in [6.07, 6.45) is 2.48. The Bertz CT molecular complexity index is 368. The van der Waals surface area contributed by atoms with Crippen LogP contribution in [0.2, 0.25) is 5.15 Å². The molecule has 0 aliphatic rings. The average molecular weight is 201 g/mol. The van der Waals surface area contributed by atoms with Crippen molar-refractivity contribution in [2.75, 3.05) is 0 Å². The predicted octanol–water partition coefficient (Wildman–Crippen LogP) is 1.48. The zero-order valence-electron chi connectivity index (χ0n) is 7.28. The van der Waals surface area contributed by atoms with Gasteiger partial charge in [-0.2, -0.15) is 5.10 Å². The van der Waals surface area contributed by atoms with Crippen molar-refractivity contribution in [3.05, 3.63) is 22.5 Å². The molecule has 4 nitrogen and oxygen atoms in total. The SMILES string of the molecule is Cc1nn(C)c(Cl)c1C=CC(=O)O. The van der Waals surface area contributed by atoms with E-state index in [1.54, 1.807) is 14.0 Å². The van der Waals surface area contributed by atoms with E-state index in [1.165, 1.54) is 10.8 Å². The number of rotatable bonds is 2. The highest BCUT2D eigenvalue weighted by Crippen LogP contribution is 2.19. The third-order valence-electron chi connectivity index (χ3n) is 1.59. The van der Waals surface area contributed by atoms with Gasteiger partial charge >= 0.3 is 5.97 Å². The number of hydrogen-bond acceptors (Lipinski definition) is 2. The molecule has 0 amide bonds. The van der Waals surface area contributed by atoms with Crippen molar-refractivity contribution in [1.82, 2.24) is 9.78 Å². The highest BCUT2D eigenvalue weighted by Gasteiger charge is 2.07. The lowest BCUT2D eigenvalue weighted by Gasteiger charge is -1.90. The van der Waals surface area contributed by atoms with Crippen LogP contribution in [0.25, 0.3) is 6.08 Å². The lowest BCUT2D eigenvalue weighted by molar-refractivity contribution is -0.131. The molecule has 13 heavy (non-hydrogen) atoms. The number of carbonyl (C=O) groups is 1. The predicted molar refractivity (Wildman–Crippen MR) is 49.6 cm³/mol. The first kappa shape index (κ1) is 9.80. The van der Waals surface area contributed by atoms with Crippen LogP contribution in [0, 0.1) is 6.92 Å². The third-order valence-corrected chi connectivity index (χ3v) is 2.04. The quantitative estimate of drug-likeness (QED) is 0.736. The summed E-state index contributed by atoms with van der Waals surface area (Å²) in [4.78, 5) is 10.2. The third kappa shape index (κ3) is 2.09. The first-order chi connectivity index (χ1) is 6.02. The number of nitrogens with zero attached hydrogens (tertiary/aromatic N) is 2. The molecule has 0 fully saturated rings. The summed E-state index contributed by atoms with van der Waals surface area (Å²) in [7, 11) is 1.70. The van der Waals surface area contributed by atoms with Gasteiger partial charge in [0.05, 0.1) is 5.69 Å². The van der Waals surface area contributed by atoms with E-state index in [4.69, 9.17) is 16.7 Å². The Labute approximate surface area is 80.4 Å². The van der Waals surface area contributed by atoms with Crippen LogP contribution < -0.4 is 0 Å². The number of hydrogen-bond donors (Lipinski definition) is 1. The van der Waals surface area contributed by atoms with E-state index < -0.39 is 5.97 Å². The van der Waals surface area contributed by atoms with Gasteiger partial charge in [-0.25, -0.2) is 4.79 Å². The Balaban J connectivity index is 3.07. The summed E-state index contributed by atoms with van der Waals surface area (Å²) >= 11 is 5.85. The summed E-state index contributed by atoms with van der Waals surface area (Å²) in [5, 5.41) is 12.9. The number of carboxylic acids is 1. The average Bonchev–Trinajstić information content (AvgIpc) is 2.24. The molecule has 0 saturated carbocycles. The van der Waals surface area contributed by atoms with E-state index >= 15 is 0 Å². The number of halogens is 1. The Morgan fingerprint density at radius 3 is 2.69 bits per heavy atom. The van der Waals surface area contributed by atoms with Crippen LogP contribution in [0.4, 0.5) is 0 Å². The van der Waals surface area contributed by atoms with Gasteiger partial charge in [-0.05, 0) is 13.0 Å². The van der Waals surface area contributed by atoms with Crippen molar-refractivity contribution in [3.8, 4) is 0 Å². The molecule has 1 N–H and O–H groups in total. The molecule has 0 saturated heterocycles. The van der Waals surface area contributed by atoms with Gasteiger partial charge in [0.25, 0.3) is 0 Å². The van der Waals surface area contributed by atoms with Crippen molar-refractivity contribution in [2.24, 2.45) is 7.05 Å². The lowest BCUT2D eigenvalue weighted by atomic mass is 10.2. The molecule has 70 valence electrons. The number of aliphatic carboxylic acids is 1. The fraction of sp³-hybridized carbons (Fsp3) is 0.250. The summed E-state index contributed by atoms with van der Waals surface area (Å²) in [6.45, 7) is 1.77. The van der Waals surface area contributed by atoms with Gasteiger partial charge in [-0.15, -0.1) is 0 Å². The van der Waals surface area contributed by atoms with Gasteiger partial charge < -0.3 is 5.11 Å². The molecule has 1 heterocycles. The second-order valence-electron chi connectivity index (χ2n) is 2.59. The molecular weight excluding hydrogens is 192 g/mol. The Morgan fingerprint density at radius 1 is 1.69 bits per heavy atom. The molecule has 1 aromatic heterocycles. The topological polar surface area (TPSA) is 55.1 Å². The minimum absolute atomic E-state index is 0.440. The van der Waals surface area contributed by atoms with Gasteiger partial charge in [0, 0.05) is 18.7 Å². The van der Waals surface area contributed by atoms with Crippen molar-refractivity contribution >= 4 is 23.6 Å². The van der Waals surface area contributed by atoms with Crippen LogP contribution in [0.1, 0.15) is 11.3 Å². The largest absolute Gasteiger partial charge is 0.478 e. The van der Waals surface area contributed by atoms with Gasteiger partial charge in [0.1, 0.15) is 5.15 Å². The Hall–Kier alpha value is -1.29. The van der Waals surface area contributed by atoms with Crippen LogP contribution in [0.5, 0.6) is 0 Å². The van der Waals surface area contributed by atoms with E-state index in [0.717, 1.165) is 6.08 Å². The van der Waals surface area contributed by atoms with Crippen molar-refractivity contribution in [2.45, 2.75) is 6.92 Å². The van der Waals surface area contributed by atoms with E-state index in [-0.39, 0.29) is 0 Å². The maximum absolute atomic E-state index is 10.2. The molecule has 0 aliphatic carbocycles. The molecule has 5 heteroatoms. The van der Waals surface area contributed by atoms with Gasteiger partial charge in [0.2, 0.25) is 0 Å². The van der Waals surface area contributed by atoms with Crippen LogP contribution in [0.15, 0.2) is 6.08 Å². The highest BCUT2D eigenvalue weighted by atomic mass is 35.5. The summed E-state index contributed by atoms with van der Waals surface area (Å²) in [6, 6.07) is 0. The Kier molecular flexibility index (Phi) is 2.72. The Morgan fingerprint density at radius 2 is 2.31 bits per heavy atom. The first-order valence-electron chi connectivity index (χ1n) is 3.62. The number of aryl methyl sites for hydroxylation is 2. The lowest BCUT2D eigenvalue weighted by Crippen LogP contribution is -1.89. The molecular formula is C8H9ClN2O2. The van der Waals surface area contributed by atoms with Crippen LogP contribution in [-0.4, -0.2) is 20.9 Å². The zero-order chi connectivity index (χ0) is 10.0. The van der Waals surface area contributed by atoms with Gasteiger partial charge in [-0.3, -0.25) is 4.68 Å². The molecule has 0 aromatic carbocycles. The molecule has 0 aliphatic heterocycles. The second kappa shape index (κ2) is 3.62. The smallest absolute Gasteiger partial charge is 0.328 e. The van der Waals surface area contributed by atoms with E-state index in [0.29, 0.717) is 16.4 Å².